The van der Waals surface area contributed by atoms with Crippen LogP contribution in [0.1, 0.15) is 47.6 Å². The predicted octanol–water partition coefficient (Wildman–Crippen LogP) is 7.21. The van der Waals surface area contributed by atoms with Gasteiger partial charge >= 0.3 is 12.1 Å². The number of hydrogen-bond donors (Lipinski definition) is 1. The maximum Gasteiger partial charge on any atom is 0.417 e. The lowest BCUT2D eigenvalue weighted by molar-refractivity contribution is -0.138. The number of carbonyl (C=O) groups is 1. The van der Waals surface area contributed by atoms with E-state index >= 15 is 0 Å². The van der Waals surface area contributed by atoms with Gasteiger partial charge in [-0.2, -0.15) is 18.4 Å². The van der Waals surface area contributed by atoms with Crippen molar-refractivity contribution < 1.29 is 31.9 Å². The van der Waals surface area contributed by atoms with Crippen molar-refractivity contribution in [3.8, 4) is 27.1 Å². The molecule has 4 aromatic rings. The molecule has 0 saturated carbocycles. The van der Waals surface area contributed by atoms with Crippen molar-refractivity contribution in [3.05, 3.63) is 104 Å². The van der Waals surface area contributed by atoms with E-state index in [0.717, 1.165) is 33.6 Å². The van der Waals surface area contributed by atoms with Gasteiger partial charge in [-0.25, -0.2) is 8.78 Å². The summed E-state index contributed by atoms with van der Waals surface area (Å²) in [6.45, 7) is 3.32. The van der Waals surface area contributed by atoms with Crippen molar-refractivity contribution in [2.45, 2.75) is 38.9 Å². The van der Waals surface area contributed by atoms with Crippen molar-refractivity contribution in [1.82, 2.24) is 4.57 Å². The number of thiophene rings is 1. The molecule has 0 aliphatic rings. The monoisotopic (exact) mass is 572 g/mol. The summed E-state index contributed by atoms with van der Waals surface area (Å²) in [5, 5.41) is 18.7. The molecule has 4 rings (SSSR count). The number of rotatable bonds is 7. The van der Waals surface area contributed by atoms with Crippen LogP contribution in [0.25, 0.3) is 21.0 Å². The van der Waals surface area contributed by atoms with Gasteiger partial charge in [0.05, 0.1) is 29.1 Å². The first-order valence-corrected chi connectivity index (χ1v) is 12.8. The van der Waals surface area contributed by atoms with Crippen molar-refractivity contribution in [3.63, 3.8) is 0 Å². The lowest BCUT2D eigenvalue weighted by atomic mass is 9.96. The Morgan fingerprint density at radius 1 is 1.05 bits per heavy atom. The molecule has 2 aromatic carbocycles. The van der Waals surface area contributed by atoms with Crippen LogP contribution in [0.4, 0.5) is 22.0 Å². The number of hydrogen-bond acceptors (Lipinski definition) is 4. The average molecular weight is 573 g/mol. The quantitative estimate of drug-likeness (QED) is 0.237. The first-order chi connectivity index (χ1) is 18.8. The zero-order valence-corrected chi connectivity index (χ0v) is 22.0. The minimum absolute atomic E-state index is 0.0654. The van der Waals surface area contributed by atoms with Crippen LogP contribution < -0.4 is 5.56 Å². The third-order valence-electron chi connectivity index (χ3n) is 6.24. The van der Waals surface area contributed by atoms with Gasteiger partial charge in [-0.3, -0.25) is 9.59 Å². The number of alkyl halides is 3. The van der Waals surface area contributed by atoms with E-state index < -0.39 is 47.0 Å². The molecule has 0 fully saturated rings. The zero-order valence-electron chi connectivity index (χ0n) is 21.1. The molecule has 0 radical (unpaired) electrons. The van der Waals surface area contributed by atoms with Crippen LogP contribution in [-0.2, 0) is 23.9 Å². The van der Waals surface area contributed by atoms with E-state index in [0.29, 0.717) is 28.1 Å². The van der Waals surface area contributed by atoms with Crippen LogP contribution in [-0.4, -0.2) is 15.6 Å². The lowest BCUT2D eigenvalue weighted by Crippen LogP contribution is -2.28. The van der Waals surface area contributed by atoms with Gasteiger partial charge in [0.25, 0.3) is 5.56 Å². The van der Waals surface area contributed by atoms with Crippen LogP contribution >= 0.6 is 11.3 Å². The first kappa shape index (κ1) is 28.7. The normalized spacial score (nSPS) is 11.6. The van der Waals surface area contributed by atoms with Gasteiger partial charge in [-0.05, 0) is 52.9 Å². The Hall–Kier alpha value is -4.30. The van der Waals surface area contributed by atoms with Crippen molar-refractivity contribution in [2.24, 2.45) is 0 Å². The summed E-state index contributed by atoms with van der Waals surface area (Å²) in [4.78, 5) is 25.3. The number of halogens is 5. The number of aromatic nitrogens is 1. The molecular weight excluding hydrogens is 551 g/mol. The molecule has 0 saturated heterocycles. The second kappa shape index (κ2) is 11.1. The third kappa shape index (κ3) is 5.97. The molecule has 0 amide bonds. The van der Waals surface area contributed by atoms with E-state index in [1.54, 1.807) is 18.2 Å². The summed E-state index contributed by atoms with van der Waals surface area (Å²) in [5.74, 6) is -2.82. The third-order valence-corrected chi connectivity index (χ3v) is 7.40. The molecule has 0 spiro atoms. The highest BCUT2D eigenvalue weighted by molar-refractivity contribution is 7.18. The molecular formula is C29H21F5N2O3S. The molecule has 2 heterocycles. The smallest absolute Gasteiger partial charge is 0.417 e. The van der Waals surface area contributed by atoms with Gasteiger partial charge in [0.1, 0.15) is 23.3 Å². The molecule has 0 aliphatic heterocycles. The molecule has 2 aromatic heterocycles. The number of nitrogens with zero attached hydrogens (tertiary/aromatic N) is 2. The topological polar surface area (TPSA) is 83.1 Å². The van der Waals surface area contributed by atoms with E-state index in [1.807, 2.05) is 19.9 Å². The van der Waals surface area contributed by atoms with E-state index in [-0.39, 0.29) is 28.5 Å². The summed E-state index contributed by atoms with van der Waals surface area (Å²) < 4.78 is 70.4. The fourth-order valence-corrected chi connectivity index (χ4v) is 5.28. The number of pyridine rings is 1. The summed E-state index contributed by atoms with van der Waals surface area (Å²) in [6, 6.07) is 13.1. The molecule has 0 bridgehead atoms. The number of nitriles is 1. The fourth-order valence-electron chi connectivity index (χ4n) is 4.26. The summed E-state index contributed by atoms with van der Waals surface area (Å²) in [6.07, 6.45) is -5.24. The predicted molar refractivity (Wildman–Crippen MR) is 140 cm³/mol. The molecule has 0 unspecified atom stereocenters. The number of carboxylic acid groups (broad SMARTS) is 1. The zero-order chi connectivity index (χ0) is 29.4. The number of carboxylic acids is 1. The van der Waals surface area contributed by atoms with E-state index in [2.05, 4.69) is 0 Å². The molecule has 5 nitrogen and oxygen atoms in total. The standard InChI is InChI=1S/C29H21F5N2O3S/c1-15(2)18-7-16(9-27(37)38)8-19(10-18)25-5-6-26(40-25)24-12-22(29(32,33)34)21(13-35)28(39)36(24)14-17-3-4-20(30)11-23(17)31/h3-8,10-12,15H,9,14H2,1-2H3,(H,37,38). The Balaban J connectivity index is 1.92. The van der Waals surface area contributed by atoms with Gasteiger partial charge in [0.15, 0.2) is 0 Å². The minimum atomic E-state index is -5.02. The Bertz CT molecular complexity index is 1710. The van der Waals surface area contributed by atoms with Gasteiger partial charge in [0, 0.05) is 16.5 Å². The summed E-state index contributed by atoms with van der Waals surface area (Å²) in [5.41, 5.74) is -2.14. The number of benzene rings is 2. The highest BCUT2D eigenvalue weighted by atomic mass is 32.1. The number of aliphatic carboxylic acids is 1. The van der Waals surface area contributed by atoms with Gasteiger partial charge in [0.2, 0.25) is 0 Å². The van der Waals surface area contributed by atoms with E-state index in [9.17, 15) is 41.9 Å². The van der Waals surface area contributed by atoms with Crippen LogP contribution in [0.15, 0.2) is 59.4 Å². The maximum absolute atomic E-state index is 14.5. The highest BCUT2D eigenvalue weighted by Crippen LogP contribution is 2.39. The van der Waals surface area contributed by atoms with E-state index in [4.69, 9.17) is 0 Å². The van der Waals surface area contributed by atoms with Gasteiger partial charge in [-0.15, -0.1) is 11.3 Å². The Morgan fingerprint density at radius 2 is 1.75 bits per heavy atom. The van der Waals surface area contributed by atoms with E-state index in [1.165, 1.54) is 12.1 Å². The molecule has 206 valence electrons. The first-order valence-electron chi connectivity index (χ1n) is 11.9. The second-order valence-electron chi connectivity index (χ2n) is 9.41. The maximum atomic E-state index is 14.5. The van der Waals surface area contributed by atoms with Crippen molar-refractivity contribution in [2.75, 3.05) is 0 Å². The molecule has 40 heavy (non-hydrogen) atoms. The Morgan fingerprint density at radius 3 is 2.35 bits per heavy atom. The minimum Gasteiger partial charge on any atom is -0.481 e. The largest absolute Gasteiger partial charge is 0.481 e. The fraction of sp³-hybridized carbons (Fsp3) is 0.207. The van der Waals surface area contributed by atoms with Gasteiger partial charge in [-0.1, -0.05) is 32.0 Å². The summed E-state index contributed by atoms with van der Waals surface area (Å²) >= 11 is 1.05. The van der Waals surface area contributed by atoms with Crippen LogP contribution in [0, 0.1) is 23.0 Å². The summed E-state index contributed by atoms with van der Waals surface area (Å²) in [7, 11) is 0. The van der Waals surface area contributed by atoms with Crippen LogP contribution in [0.5, 0.6) is 0 Å². The van der Waals surface area contributed by atoms with Gasteiger partial charge < -0.3 is 9.67 Å². The molecule has 11 heteroatoms. The second-order valence-corrected chi connectivity index (χ2v) is 10.5. The Kier molecular flexibility index (Phi) is 7.93. The molecule has 1 N–H and O–H groups in total. The van der Waals surface area contributed by atoms with Crippen LogP contribution in [0.3, 0.4) is 0 Å². The highest BCUT2D eigenvalue weighted by Gasteiger charge is 2.37. The molecule has 0 aliphatic carbocycles. The SMILES string of the molecule is CC(C)c1cc(CC(=O)O)cc(-c2ccc(-c3cc(C(F)(F)F)c(C#N)c(=O)n3Cc3ccc(F)cc3F)s2)c1. The molecule has 0 atom stereocenters. The average Bonchev–Trinajstić information content (AvgIpc) is 3.35. The van der Waals surface area contributed by atoms with Crippen molar-refractivity contribution in [1.29, 1.82) is 5.26 Å². The Labute approximate surface area is 229 Å². The van der Waals surface area contributed by atoms with Crippen molar-refractivity contribution >= 4 is 17.3 Å². The van der Waals surface area contributed by atoms with Crippen LogP contribution in [0.2, 0.25) is 0 Å². The lowest BCUT2D eigenvalue weighted by Gasteiger charge is -2.17.